The van der Waals surface area contributed by atoms with Crippen molar-refractivity contribution in [2.45, 2.75) is 58.3 Å². The number of urea groups is 2. The summed E-state index contributed by atoms with van der Waals surface area (Å²) in [7, 11) is 0. The Kier molecular flexibility index (Phi) is 7.93. The number of carbonyl (C=O) groups excluding carboxylic acids is 2. The van der Waals surface area contributed by atoms with Gasteiger partial charge in [-0.2, -0.15) is 0 Å². The molecule has 2 fully saturated rings. The molecule has 0 bridgehead atoms. The Balaban J connectivity index is 1.31. The van der Waals surface area contributed by atoms with Crippen LogP contribution >= 0.6 is 0 Å². The molecule has 0 saturated carbocycles. The van der Waals surface area contributed by atoms with Crippen LogP contribution in [0.4, 0.5) is 21.0 Å². The molecule has 2 heterocycles. The van der Waals surface area contributed by atoms with Gasteiger partial charge in [0, 0.05) is 11.4 Å². The quantitative estimate of drug-likeness (QED) is 0.672. The molecule has 35 heavy (non-hydrogen) atoms. The van der Waals surface area contributed by atoms with E-state index in [1.807, 2.05) is 86.0 Å². The molecule has 2 aliphatic heterocycles. The van der Waals surface area contributed by atoms with Crippen LogP contribution in [-0.2, 0) is 15.9 Å². The number of benzene rings is 2. The van der Waals surface area contributed by atoms with E-state index in [4.69, 9.17) is 9.47 Å². The Labute approximate surface area is 207 Å². The van der Waals surface area contributed by atoms with E-state index in [0.29, 0.717) is 26.4 Å². The van der Waals surface area contributed by atoms with E-state index in [1.165, 1.54) is 0 Å². The Morgan fingerprint density at radius 1 is 0.657 bits per heavy atom. The van der Waals surface area contributed by atoms with Gasteiger partial charge in [0.2, 0.25) is 0 Å². The van der Waals surface area contributed by atoms with Crippen LogP contribution in [0.3, 0.4) is 0 Å². The summed E-state index contributed by atoms with van der Waals surface area (Å²) in [6.07, 6.45) is 0.761. The van der Waals surface area contributed by atoms with Crippen LogP contribution in [0.1, 0.15) is 38.8 Å². The molecular formula is C27H36N4O4. The minimum Gasteiger partial charge on any atom is -0.377 e. The first-order chi connectivity index (χ1) is 16.8. The normalized spacial score (nSPS) is 24.7. The first-order valence-electron chi connectivity index (χ1n) is 12.3. The summed E-state index contributed by atoms with van der Waals surface area (Å²) in [6, 6.07) is 15.8. The molecule has 0 aliphatic carbocycles. The number of morpholine rings is 2. The Morgan fingerprint density at radius 2 is 0.971 bits per heavy atom. The lowest BCUT2D eigenvalue weighted by molar-refractivity contribution is -0.0111. The Hall–Kier alpha value is -3.10. The number of hydrogen-bond acceptors (Lipinski definition) is 4. The molecule has 188 valence electrons. The molecule has 2 saturated heterocycles. The molecule has 8 heteroatoms. The van der Waals surface area contributed by atoms with Gasteiger partial charge in [0.05, 0.1) is 50.6 Å². The standard InChI is InChI=1S/C27H36N4O4/c1-18-14-34-15-19(2)30(18)26(32)28-24-9-5-22(6-10-24)13-23-7-11-25(12-8-23)29-27(33)31-20(3)16-35-17-21(31)4/h5-12,18-21H,13-17H2,1-4H3,(H,28,32)(H,29,33)/t18-,19-,20-,21+/m1/s1. The maximum Gasteiger partial charge on any atom is 0.322 e. The summed E-state index contributed by atoms with van der Waals surface area (Å²) in [5, 5.41) is 6.00. The first-order valence-corrected chi connectivity index (χ1v) is 12.3. The molecule has 0 unspecified atom stereocenters. The molecule has 0 aromatic heterocycles. The van der Waals surface area contributed by atoms with Gasteiger partial charge in [-0.25, -0.2) is 9.59 Å². The molecule has 0 spiro atoms. The van der Waals surface area contributed by atoms with Gasteiger partial charge >= 0.3 is 12.1 Å². The Morgan fingerprint density at radius 3 is 1.29 bits per heavy atom. The molecule has 4 atom stereocenters. The summed E-state index contributed by atoms with van der Waals surface area (Å²) < 4.78 is 11.0. The van der Waals surface area contributed by atoms with Gasteiger partial charge in [-0.1, -0.05) is 24.3 Å². The third kappa shape index (κ3) is 6.13. The lowest BCUT2D eigenvalue weighted by atomic mass is 10.0. The fourth-order valence-electron chi connectivity index (χ4n) is 4.83. The molecule has 0 radical (unpaired) electrons. The third-order valence-electron chi connectivity index (χ3n) is 6.62. The maximum absolute atomic E-state index is 12.7. The number of nitrogens with one attached hydrogen (secondary N) is 2. The smallest absolute Gasteiger partial charge is 0.322 e. The third-order valence-corrected chi connectivity index (χ3v) is 6.62. The number of rotatable bonds is 4. The van der Waals surface area contributed by atoms with Crippen molar-refractivity contribution in [2.75, 3.05) is 37.1 Å². The monoisotopic (exact) mass is 480 g/mol. The lowest BCUT2D eigenvalue weighted by Gasteiger charge is -2.38. The van der Waals surface area contributed by atoms with E-state index in [0.717, 1.165) is 28.9 Å². The number of anilines is 2. The van der Waals surface area contributed by atoms with Gasteiger partial charge in [-0.15, -0.1) is 0 Å². The van der Waals surface area contributed by atoms with Crippen molar-refractivity contribution < 1.29 is 19.1 Å². The zero-order chi connectivity index (χ0) is 24.9. The topological polar surface area (TPSA) is 83.1 Å². The number of nitrogens with zero attached hydrogens (tertiary/aromatic N) is 2. The van der Waals surface area contributed by atoms with Crippen LogP contribution in [-0.4, -0.2) is 72.5 Å². The summed E-state index contributed by atoms with van der Waals surface area (Å²) in [4.78, 5) is 29.2. The van der Waals surface area contributed by atoms with Crippen molar-refractivity contribution in [3.8, 4) is 0 Å². The number of carbonyl (C=O) groups is 2. The van der Waals surface area contributed by atoms with Crippen LogP contribution < -0.4 is 10.6 Å². The van der Waals surface area contributed by atoms with E-state index in [-0.39, 0.29) is 36.2 Å². The Bertz CT molecular complexity index is 909. The minimum atomic E-state index is -0.0976. The number of amides is 4. The largest absolute Gasteiger partial charge is 0.377 e. The summed E-state index contributed by atoms with van der Waals surface area (Å²) in [6.45, 7) is 10.2. The van der Waals surface area contributed by atoms with Crippen LogP contribution in [0.5, 0.6) is 0 Å². The SMILES string of the molecule is C[C@@H]1COC[C@@H](C)N1C(=O)Nc1ccc(Cc2ccc(NC(=O)N3[C@H](C)COC[C@@H]3C)cc2)cc1. The molecular weight excluding hydrogens is 444 g/mol. The predicted molar refractivity (Wildman–Crippen MR) is 137 cm³/mol. The highest BCUT2D eigenvalue weighted by Gasteiger charge is 2.30. The summed E-state index contributed by atoms with van der Waals surface area (Å²) >= 11 is 0. The summed E-state index contributed by atoms with van der Waals surface area (Å²) in [5.41, 5.74) is 3.83. The zero-order valence-electron chi connectivity index (χ0n) is 21.0. The second kappa shape index (κ2) is 11.1. The highest BCUT2D eigenvalue weighted by molar-refractivity contribution is 5.90. The molecule has 2 aliphatic rings. The second-order valence-electron chi connectivity index (χ2n) is 9.72. The van der Waals surface area contributed by atoms with Crippen molar-refractivity contribution in [1.82, 2.24) is 9.80 Å². The first kappa shape index (κ1) is 25.0. The maximum atomic E-state index is 12.7. The van der Waals surface area contributed by atoms with E-state index in [2.05, 4.69) is 10.6 Å². The van der Waals surface area contributed by atoms with Gasteiger partial charge < -0.3 is 29.9 Å². The van der Waals surface area contributed by atoms with Crippen molar-refractivity contribution in [1.29, 1.82) is 0 Å². The van der Waals surface area contributed by atoms with E-state index in [9.17, 15) is 9.59 Å². The lowest BCUT2D eigenvalue weighted by Crippen LogP contribution is -2.53. The fraction of sp³-hybridized carbons (Fsp3) is 0.481. The molecule has 2 aromatic carbocycles. The molecule has 2 aromatic rings. The summed E-state index contributed by atoms with van der Waals surface area (Å²) in [5.74, 6) is 0. The second-order valence-corrected chi connectivity index (χ2v) is 9.72. The predicted octanol–water partition coefficient (Wildman–Crippen LogP) is 4.56. The molecule has 4 amide bonds. The van der Waals surface area contributed by atoms with Crippen molar-refractivity contribution in [2.24, 2.45) is 0 Å². The van der Waals surface area contributed by atoms with Crippen LogP contribution in [0, 0.1) is 0 Å². The van der Waals surface area contributed by atoms with E-state index < -0.39 is 0 Å². The zero-order valence-corrected chi connectivity index (χ0v) is 21.0. The van der Waals surface area contributed by atoms with Gasteiger partial charge in [-0.3, -0.25) is 0 Å². The van der Waals surface area contributed by atoms with Gasteiger partial charge in [0.15, 0.2) is 0 Å². The van der Waals surface area contributed by atoms with E-state index >= 15 is 0 Å². The van der Waals surface area contributed by atoms with Crippen molar-refractivity contribution >= 4 is 23.4 Å². The molecule has 8 nitrogen and oxygen atoms in total. The van der Waals surface area contributed by atoms with Crippen molar-refractivity contribution in [3.05, 3.63) is 59.7 Å². The minimum absolute atomic E-state index is 0.0476. The number of ether oxygens (including phenoxy) is 2. The van der Waals surface area contributed by atoms with Crippen LogP contribution in [0.25, 0.3) is 0 Å². The van der Waals surface area contributed by atoms with Crippen LogP contribution in [0.2, 0.25) is 0 Å². The molecule has 2 N–H and O–H groups in total. The number of hydrogen-bond donors (Lipinski definition) is 2. The average Bonchev–Trinajstić information content (AvgIpc) is 2.81. The highest BCUT2D eigenvalue weighted by atomic mass is 16.5. The van der Waals surface area contributed by atoms with Gasteiger partial charge in [0.1, 0.15) is 0 Å². The van der Waals surface area contributed by atoms with E-state index in [1.54, 1.807) is 0 Å². The fourth-order valence-corrected chi connectivity index (χ4v) is 4.83. The molecule has 4 rings (SSSR count). The highest BCUT2D eigenvalue weighted by Crippen LogP contribution is 2.20. The van der Waals surface area contributed by atoms with Crippen molar-refractivity contribution in [3.63, 3.8) is 0 Å². The average molecular weight is 481 g/mol. The van der Waals surface area contributed by atoms with Crippen LogP contribution in [0.15, 0.2) is 48.5 Å². The van der Waals surface area contributed by atoms with Gasteiger partial charge in [0.25, 0.3) is 0 Å². The van der Waals surface area contributed by atoms with Gasteiger partial charge in [-0.05, 0) is 69.5 Å².